The predicted molar refractivity (Wildman–Crippen MR) is 103 cm³/mol. The SMILES string of the molecule is Cc1nc2ccc(NC(=O)N[C@H]3CCN(Cc4ccccc4)C3)cc2[nH]1. The number of aromatic nitrogens is 2. The van der Waals surface area contributed by atoms with Crippen LogP contribution in [0.3, 0.4) is 0 Å². The first kappa shape index (κ1) is 16.6. The molecule has 1 saturated heterocycles. The van der Waals surface area contributed by atoms with E-state index in [1.807, 2.05) is 31.2 Å². The highest BCUT2D eigenvalue weighted by Gasteiger charge is 2.23. The van der Waals surface area contributed by atoms with E-state index in [-0.39, 0.29) is 12.1 Å². The summed E-state index contributed by atoms with van der Waals surface area (Å²) in [6.45, 7) is 4.72. The molecule has 1 fully saturated rings. The molecule has 0 aliphatic carbocycles. The van der Waals surface area contributed by atoms with Crippen LogP contribution in [0.4, 0.5) is 10.5 Å². The van der Waals surface area contributed by atoms with Crippen LogP contribution >= 0.6 is 0 Å². The van der Waals surface area contributed by atoms with Crippen molar-refractivity contribution in [2.24, 2.45) is 0 Å². The van der Waals surface area contributed by atoms with Crippen molar-refractivity contribution in [1.29, 1.82) is 0 Å². The number of amides is 2. The maximum absolute atomic E-state index is 12.3. The Morgan fingerprint density at radius 3 is 2.96 bits per heavy atom. The average molecular weight is 349 g/mol. The lowest BCUT2D eigenvalue weighted by Crippen LogP contribution is -2.39. The lowest BCUT2D eigenvalue weighted by atomic mass is 10.2. The molecule has 1 aliphatic rings. The maximum Gasteiger partial charge on any atom is 0.319 e. The summed E-state index contributed by atoms with van der Waals surface area (Å²) in [7, 11) is 0. The van der Waals surface area contributed by atoms with E-state index in [1.54, 1.807) is 0 Å². The van der Waals surface area contributed by atoms with Crippen molar-refractivity contribution < 1.29 is 4.79 Å². The lowest BCUT2D eigenvalue weighted by Gasteiger charge is -2.17. The second-order valence-electron chi connectivity index (χ2n) is 6.86. The number of urea groups is 1. The van der Waals surface area contributed by atoms with Gasteiger partial charge in [0.15, 0.2) is 0 Å². The molecule has 2 amide bonds. The molecule has 3 aromatic rings. The van der Waals surface area contributed by atoms with Gasteiger partial charge in [0.25, 0.3) is 0 Å². The van der Waals surface area contributed by atoms with E-state index in [0.29, 0.717) is 0 Å². The quantitative estimate of drug-likeness (QED) is 0.677. The van der Waals surface area contributed by atoms with Gasteiger partial charge >= 0.3 is 6.03 Å². The van der Waals surface area contributed by atoms with Gasteiger partial charge in [0.1, 0.15) is 5.82 Å². The second kappa shape index (κ2) is 7.17. The summed E-state index contributed by atoms with van der Waals surface area (Å²) >= 11 is 0. The van der Waals surface area contributed by atoms with E-state index in [2.05, 4.69) is 49.8 Å². The Kier molecular flexibility index (Phi) is 4.58. The zero-order valence-corrected chi connectivity index (χ0v) is 14.8. The number of nitrogens with zero attached hydrogens (tertiary/aromatic N) is 2. The molecule has 0 unspecified atom stereocenters. The second-order valence-corrected chi connectivity index (χ2v) is 6.86. The highest BCUT2D eigenvalue weighted by Crippen LogP contribution is 2.17. The minimum Gasteiger partial charge on any atom is -0.342 e. The van der Waals surface area contributed by atoms with Crippen LogP contribution in [0.1, 0.15) is 17.8 Å². The summed E-state index contributed by atoms with van der Waals surface area (Å²) in [5, 5.41) is 6.00. The number of nitrogens with one attached hydrogen (secondary N) is 3. The fraction of sp³-hybridized carbons (Fsp3) is 0.300. The standard InChI is InChI=1S/C20H23N5O/c1-14-21-18-8-7-16(11-19(18)22-14)23-20(26)24-17-9-10-25(13-17)12-15-5-3-2-4-6-15/h2-8,11,17H,9-10,12-13H2,1H3,(H,21,22)(H2,23,24,26)/t17-/m0/s1. The third-order valence-electron chi connectivity index (χ3n) is 4.71. The molecule has 134 valence electrons. The number of rotatable bonds is 4. The van der Waals surface area contributed by atoms with Gasteiger partial charge in [0.2, 0.25) is 0 Å². The molecule has 4 rings (SSSR count). The molecule has 0 radical (unpaired) electrons. The predicted octanol–water partition coefficient (Wildman–Crippen LogP) is 3.27. The number of aromatic amines is 1. The van der Waals surface area contributed by atoms with E-state index in [1.165, 1.54) is 5.56 Å². The molecule has 0 spiro atoms. The van der Waals surface area contributed by atoms with E-state index in [0.717, 1.165) is 48.6 Å². The van der Waals surface area contributed by atoms with Gasteiger partial charge in [-0.3, -0.25) is 4.90 Å². The fourth-order valence-electron chi connectivity index (χ4n) is 3.50. The van der Waals surface area contributed by atoms with Crippen LogP contribution in [0.25, 0.3) is 11.0 Å². The topological polar surface area (TPSA) is 73.1 Å². The molecule has 1 atom stereocenters. The molecule has 2 heterocycles. The van der Waals surface area contributed by atoms with E-state index in [4.69, 9.17) is 0 Å². The molecule has 2 aromatic carbocycles. The van der Waals surface area contributed by atoms with Crippen LogP contribution in [-0.2, 0) is 6.54 Å². The number of aryl methyl sites for hydroxylation is 1. The van der Waals surface area contributed by atoms with Crippen molar-refractivity contribution in [3.05, 3.63) is 59.9 Å². The normalized spacial score (nSPS) is 17.5. The highest BCUT2D eigenvalue weighted by molar-refractivity contribution is 5.92. The summed E-state index contributed by atoms with van der Waals surface area (Å²) in [6.07, 6.45) is 0.971. The molecule has 1 aromatic heterocycles. The highest BCUT2D eigenvalue weighted by atomic mass is 16.2. The van der Waals surface area contributed by atoms with Gasteiger partial charge in [0, 0.05) is 31.4 Å². The number of fused-ring (bicyclic) bond motifs is 1. The number of hydrogen-bond donors (Lipinski definition) is 3. The van der Waals surface area contributed by atoms with Crippen molar-refractivity contribution in [2.45, 2.75) is 25.9 Å². The first-order chi connectivity index (χ1) is 12.7. The van der Waals surface area contributed by atoms with E-state index in [9.17, 15) is 4.79 Å². The van der Waals surface area contributed by atoms with Crippen molar-refractivity contribution in [1.82, 2.24) is 20.2 Å². The Morgan fingerprint density at radius 2 is 2.12 bits per heavy atom. The van der Waals surface area contributed by atoms with Crippen LogP contribution in [0.15, 0.2) is 48.5 Å². The number of carbonyl (C=O) groups excluding carboxylic acids is 1. The molecular weight excluding hydrogens is 326 g/mol. The molecule has 6 nitrogen and oxygen atoms in total. The largest absolute Gasteiger partial charge is 0.342 e. The van der Waals surface area contributed by atoms with Gasteiger partial charge in [-0.05, 0) is 37.1 Å². The van der Waals surface area contributed by atoms with Gasteiger partial charge < -0.3 is 15.6 Å². The van der Waals surface area contributed by atoms with Crippen LogP contribution in [0, 0.1) is 6.92 Å². The third-order valence-corrected chi connectivity index (χ3v) is 4.71. The number of benzene rings is 2. The average Bonchev–Trinajstić information content (AvgIpc) is 3.20. The van der Waals surface area contributed by atoms with E-state index < -0.39 is 0 Å². The fourth-order valence-corrected chi connectivity index (χ4v) is 3.50. The van der Waals surface area contributed by atoms with E-state index >= 15 is 0 Å². The van der Waals surface area contributed by atoms with Gasteiger partial charge in [-0.15, -0.1) is 0 Å². The number of likely N-dealkylation sites (tertiary alicyclic amines) is 1. The number of carbonyl (C=O) groups is 1. The number of imidazole rings is 1. The third kappa shape index (κ3) is 3.86. The molecule has 6 heteroatoms. The number of H-pyrrole nitrogens is 1. The number of hydrogen-bond acceptors (Lipinski definition) is 3. The Hall–Kier alpha value is -2.86. The molecule has 1 aliphatic heterocycles. The zero-order valence-electron chi connectivity index (χ0n) is 14.8. The van der Waals surface area contributed by atoms with Crippen molar-refractivity contribution >= 4 is 22.8 Å². The monoisotopic (exact) mass is 349 g/mol. The summed E-state index contributed by atoms with van der Waals surface area (Å²) < 4.78 is 0. The first-order valence-corrected chi connectivity index (χ1v) is 8.96. The molecular formula is C20H23N5O. The molecule has 26 heavy (non-hydrogen) atoms. The zero-order chi connectivity index (χ0) is 17.9. The van der Waals surface area contributed by atoms with Crippen LogP contribution in [-0.4, -0.2) is 40.0 Å². The summed E-state index contributed by atoms with van der Waals surface area (Å²) in [6, 6.07) is 16.1. The number of anilines is 1. The van der Waals surface area contributed by atoms with Crippen molar-refractivity contribution in [3.63, 3.8) is 0 Å². The maximum atomic E-state index is 12.3. The minimum absolute atomic E-state index is 0.160. The van der Waals surface area contributed by atoms with Gasteiger partial charge in [-0.25, -0.2) is 9.78 Å². The minimum atomic E-state index is -0.160. The van der Waals surface area contributed by atoms with Gasteiger partial charge in [-0.2, -0.15) is 0 Å². The Balaban J connectivity index is 1.30. The summed E-state index contributed by atoms with van der Waals surface area (Å²) in [5.41, 5.74) is 3.90. The Labute approximate surface area is 152 Å². The van der Waals surface area contributed by atoms with Gasteiger partial charge in [-0.1, -0.05) is 30.3 Å². The van der Waals surface area contributed by atoms with Crippen LogP contribution < -0.4 is 10.6 Å². The summed E-state index contributed by atoms with van der Waals surface area (Å²) in [4.78, 5) is 22.2. The Morgan fingerprint density at radius 1 is 1.27 bits per heavy atom. The van der Waals surface area contributed by atoms with Crippen LogP contribution in [0.2, 0.25) is 0 Å². The first-order valence-electron chi connectivity index (χ1n) is 8.96. The summed E-state index contributed by atoms with van der Waals surface area (Å²) in [5.74, 6) is 0.867. The molecule has 3 N–H and O–H groups in total. The van der Waals surface area contributed by atoms with Crippen molar-refractivity contribution in [3.8, 4) is 0 Å². The smallest absolute Gasteiger partial charge is 0.319 e. The molecule has 0 saturated carbocycles. The van der Waals surface area contributed by atoms with Crippen LogP contribution in [0.5, 0.6) is 0 Å². The van der Waals surface area contributed by atoms with Crippen molar-refractivity contribution in [2.75, 3.05) is 18.4 Å². The molecule has 0 bridgehead atoms. The Bertz CT molecular complexity index is 905. The lowest BCUT2D eigenvalue weighted by molar-refractivity contribution is 0.247. The van der Waals surface area contributed by atoms with Gasteiger partial charge in [0.05, 0.1) is 11.0 Å².